The molecule has 1 aromatic heterocycles. The van der Waals surface area contributed by atoms with Crippen molar-refractivity contribution in [3.8, 4) is 0 Å². The third-order valence-corrected chi connectivity index (χ3v) is 4.96. The number of carbonyl (C=O) groups excluding carboxylic acids is 2. The minimum Gasteiger partial charge on any atom is -0.461 e. The molecule has 10 nitrogen and oxygen atoms in total. The SMILES string of the molecule is NCC(C(=O)Nc1ccc2cnccc2c1)c1ccc(COC(=O)CCCO[N+](=O)[O-])cc1. The number of hydrogen-bond acceptors (Lipinski definition) is 8. The third kappa shape index (κ3) is 6.97. The third-order valence-electron chi connectivity index (χ3n) is 4.96. The lowest BCUT2D eigenvalue weighted by molar-refractivity contribution is -0.757. The van der Waals surface area contributed by atoms with Crippen molar-refractivity contribution in [2.24, 2.45) is 5.73 Å². The maximum Gasteiger partial charge on any atom is 0.306 e. The number of ether oxygens (including phenoxy) is 1. The summed E-state index contributed by atoms with van der Waals surface area (Å²) in [4.78, 5) is 42.8. The van der Waals surface area contributed by atoms with Crippen molar-refractivity contribution in [2.75, 3.05) is 18.5 Å². The van der Waals surface area contributed by atoms with E-state index in [0.29, 0.717) is 5.69 Å². The standard InChI is InChI=1S/C23H24N4O6/c24-13-21(23(29)26-20-8-7-19-14-25-10-9-18(19)12-20)17-5-3-16(4-6-17)15-32-22(28)2-1-11-33-27(30)31/h3-10,12,14,21H,1-2,11,13,15,24H2,(H,26,29). The molecule has 0 bridgehead atoms. The predicted octanol–water partition coefficient (Wildman–Crippen LogP) is 2.95. The summed E-state index contributed by atoms with van der Waals surface area (Å²) in [6, 6.07) is 14.5. The van der Waals surface area contributed by atoms with Gasteiger partial charge >= 0.3 is 5.97 Å². The van der Waals surface area contributed by atoms with E-state index in [1.54, 1.807) is 36.7 Å². The number of hydrogen-bond donors (Lipinski definition) is 2. The summed E-state index contributed by atoms with van der Waals surface area (Å²) in [6.45, 7) is 0.0281. The van der Waals surface area contributed by atoms with Crippen molar-refractivity contribution in [3.63, 3.8) is 0 Å². The van der Waals surface area contributed by atoms with E-state index in [2.05, 4.69) is 15.1 Å². The van der Waals surface area contributed by atoms with Gasteiger partial charge in [0.15, 0.2) is 0 Å². The number of aromatic nitrogens is 1. The van der Waals surface area contributed by atoms with Crippen LogP contribution in [0.5, 0.6) is 0 Å². The smallest absolute Gasteiger partial charge is 0.306 e. The average molecular weight is 452 g/mol. The maximum atomic E-state index is 12.8. The molecule has 172 valence electrons. The molecule has 1 amide bonds. The van der Waals surface area contributed by atoms with Crippen LogP contribution in [-0.4, -0.2) is 35.1 Å². The van der Waals surface area contributed by atoms with Crippen molar-refractivity contribution in [3.05, 3.63) is 82.2 Å². The van der Waals surface area contributed by atoms with Crippen LogP contribution in [0.2, 0.25) is 0 Å². The molecule has 3 rings (SSSR count). The normalized spacial score (nSPS) is 11.5. The molecule has 1 atom stereocenters. The van der Waals surface area contributed by atoms with Crippen LogP contribution in [0, 0.1) is 10.1 Å². The topological polar surface area (TPSA) is 147 Å². The van der Waals surface area contributed by atoms with Gasteiger partial charge in [-0.05, 0) is 41.1 Å². The predicted molar refractivity (Wildman–Crippen MR) is 121 cm³/mol. The first-order valence-corrected chi connectivity index (χ1v) is 10.3. The molecule has 1 heterocycles. The average Bonchev–Trinajstić information content (AvgIpc) is 2.81. The van der Waals surface area contributed by atoms with Crippen molar-refractivity contribution < 1.29 is 24.3 Å². The van der Waals surface area contributed by atoms with E-state index >= 15 is 0 Å². The molecule has 1 unspecified atom stereocenters. The minimum absolute atomic E-state index is 0.0205. The Morgan fingerprint density at radius 2 is 1.91 bits per heavy atom. The van der Waals surface area contributed by atoms with E-state index in [1.165, 1.54) is 0 Å². The van der Waals surface area contributed by atoms with Crippen molar-refractivity contribution >= 4 is 28.3 Å². The van der Waals surface area contributed by atoms with Gasteiger partial charge < -0.3 is 20.6 Å². The van der Waals surface area contributed by atoms with Gasteiger partial charge in [-0.1, -0.05) is 30.3 Å². The lowest BCUT2D eigenvalue weighted by atomic mass is 9.97. The zero-order valence-electron chi connectivity index (χ0n) is 17.8. The van der Waals surface area contributed by atoms with E-state index in [1.807, 2.05) is 24.3 Å². The minimum atomic E-state index is -0.901. The van der Waals surface area contributed by atoms with Gasteiger partial charge in [0.25, 0.3) is 5.09 Å². The van der Waals surface area contributed by atoms with Gasteiger partial charge in [-0.15, -0.1) is 10.1 Å². The van der Waals surface area contributed by atoms with Gasteiger partial charge in [-0.3, -0.25) is 14.6 Å². The van der Waals surface area contributed by atoms with Crippen molar-refractivity contribution in [1.29, 1.82) is 0 Å². The highest BCUT2D eigenvalue weighted by Crippen LogP contribution is 2.22. The van der Waals surface area contributed by atoms with Gasteiger partial charge in [0, 0.05) is 36.4 Å². The lowest BCUT2D eigenvalue weighted by Gasteiger charge is -2.16. The lowest BCUT2D eigenvalue weighted by Crippen LogP contribution is -2.27. The van der Waals surface area contributed by atoms with Gasteiger partial charge in [-0.2, -0.15) is 0 Å². The number of esters is 1. The molecule has 0 aliphatic carbocycles. The highest BCUT2D eigenvalue weighted by molar-refractivity contribution is 5.98. The Morgan fingerprint density at radius 1 is 1.12 bits per heavy atom. The van der Waals surface area contributed by atoms with E-state index in [9.17, 15) is 19.7 Å². The highest BCUT2D eigenvalue weighted by atomic mass is 16.9. The Hall–Kier alpha value is -4.05. The molecule has 2 aromatic carbocycles. The van der Waals surface area contributed by atoms with Gasteiger partial charge in [0.05, 0.1) is 12.5 Å². The molecule has 0 aliphatic heterocycles. The molecule has 0 aliphatic rings. The number of benzene rings is 2. The fourth-order valence-corrected chi connectivity index (χ4v) is 3.22. The summed E-state index contributed by atoms with van der Waals surface area (Å²) in [5.41, 5.74) is 8.03. The monoisotopic (exact) mass is 452 g/mol. The van der Waals surface area contributed by atoms with Crippen LogP contribution < -0.4 is 11.1 Å². The molecule has 0 spiro atoms. The number of pyridine rings is 1. The first-order valence-electron chi connectivity index (χ1n) is 10.3. The number of amides is 1. The molecule has 0 fully saturated rings. The van der Waals surface area contributed by atoms with Crippen LogP contribution in [0.4, 0.5) is 5.69 Å². The van der Waals surface area contributed by atoms with E-state index in [-0.39, 0.29) is 38.5 Å². The summed E-state index contributed by atoms with van der Waals surface area (Å²) in [5, 5.41) is 14.0. The second kappa shape index (κ2) is 11.5. The summed E-state index contributed by atoms with van der Waals surface area (Å²) < 4.78 is 5.15. The molecule has 0 saturated heterocycles. The largest absolute Gasteiger partial charge is 0.461 e. The van der Waals surface area contributed by atoms with Gasteiger partial charge in [0.2, 0.25) is 5.91 Å². The Balaban J connectivity index is 1.53. The first kappa shape index (κ1) is 23.6. The summed E-state index contributed by atoms with van der Waals surface area (Å²) >= 11 is 0. The van der Waals surface area contributed by atoms with Crippen LogP contribution in [0.3, 0.4) is 0 Å². The number of nitrogens with two attached hydrogens (primary N) is 1. The molecular weight excluding hydrogens is 428 g/mol. The van der Waals surface area contributed by atoms with Gasteiger partial charge in [-0.25, -0.2) is 0 Å². The summed E-state index contributed by atoms with van der Waals surface area (Å²) in [5.74, 6) is -1.24. The second-order valence-electron chi connectivity index (χ2n) is 7.28. The fourth-order valence-electron chi connectivity index (χ4n) is 3.22. The quantitative estimate of drug-likeness (QED) is 0.195. The fraction of sp³-hybridized carbons (Fsp3) is 0.261. The molecule has 3 N–H and O–H groups in total. The Labute approximate surface area is 189 Å². The van der Waals surface area contributed by atoms with Gasteiger partial charge in [0.1, 0.15) is 6.61 Å². The van der Waals surface area contributed by atoms with E-state index in [0.717, 1.165) is 21.9 Å². The first-order chi connectivity index (χ1) is 16.0. The Bertz CT molecular complexity index is 1120. The number of fused-ring (bicyclic) bond motifs is 1. The number of anilines is 1. The van der Waals surface area contributed by atoms with Crippen molar-refractivity contribution in [2.45, 2.75) is 25.4 Å². The number of nitrogens with zero attached hydrogens (tertiary/aromatic N) is 2. The molecule has 0 radical (unpaired) electrons. The van der Waals surface area contributed by atoms with Crippen LogP contribution >= 0.6 is 0 Å². The van der Waals surface area contributed by atoms with Crippen LogP contribution in [-0.2, 0) is 25.8 Å². The molecule has 10 heteroatoms. The Morgan fingerprint density at radius 3 is 2.64 bits per heavy atom. The molecule has 0 saturated carbocycles. The van der Waals surface area contributed by atoms with E-state index < -0.39 is 17.0 Å². The van der Waals surface area contributed by atoms with Crippen LogP contribution in [0.1, 0.15) is 29.9 Å². The molecule has 3 aromatic rings. The zero-order chi connectivity index (χ0) is 23.6. The summed E-state index contributed by atoms with van der Waals surface area (Å²) in [7, 11) is 0. The molecular formula is C23H24N4O6. The van der Waals surface area contributed by atoms with Crippen molar-refractivity contribution in [1.82, 2.24) is 4.98 Å². The molecule has 33 heavy (non-hydrogen) atoms. The summed E-state index contributed by atoms with van der Waals surface area (Å²) in [6.07, 6.45) is 3.67. The van der Waals surface area contributed by atoms with Crippen LogP contribution in [0.25, 0.3) is 10.8 Å². The highest BCUT2D eigenvalue weighted by Gasteiger charge is 2.19. The number of nitrogens with one attached hydrogen (secondary N) is 1. The van der Waals surface area contributed by atoms with E-state index in [4.69, 9.17) is 10.5 Å². The maximum absolute atomic E-state index is 12.8. The Kier molecular flexibility index (Phi) is 8.25. The number of carbonyl (C=O) groups is 2. The second-order valence-corrected chi connectivity index (χ2v) is 7.28. The van der Waals surface area contributed by atoms with Crippen LogP contribution in [0.15, 0.2) is 60.9 Å². The zero-order valence-corrected chi connectivity index (χ0v) is 17.8. The number of rotatable bonds is 11.